The highest BCUT2D eigenvalue weighted by molar-refractivity contribution is 5.97. The first-order valence-corrected chi connectivity index (χ1v) is 5.53. The number of hydrogen-bond donors (Lipinski definition) is 2. The van der Waals surface area contributed by atoms with Crippen LogP contribution in [0.25, 0.3) is 0 Å². The number of nitrogens with one attached hydrogen (secondary N) is 1. The second kappa shape index (κ2) is 5.39. The molecule has 3 nitrogen and oxygen atoms in total. The molecule has 1 amide bonds. The van der Waals surface area contributed by atoms with Crippen LogP contribution < -0.4 is 11.1 Å². The Morgan fingerprint density at radius 3 is 2.28 bits per heavy atom. The van der Waals surface area contributed by atoms with E-state index >= 15 is 0 Å². The Morgan fingerprint density at radius 2 is 1.83 bits per heavy atom. The number of rotatable bonds is 4. The highest BCUT2D eigenvalue weighted by Crippen LogP contribution is 2.22. The highest BCUT2D eigenvalue weighted by Gasteiger charge is 2.28. The summed E-state index contributed by atoms with van der Waals surface area (Å²) in [5, 5.41) is 2.05. The molecule has 1 unspecified atom stereocenters. The molecule has 0 heterocycles. The van der Waals surface area contributed by atoms with Gasteiger partial charge in [0.1, 0.15) is 11.5 Å². The molecule has 0 bridgehead atoms. The van der Waals surface area contributed by atoms with Crippen LogP contribution in [0.5, 0.6) is 0 Å². The van der Waals surface area contributed by atoms with Gasteiger partial charge in [0, 0.05) is 12.1 Å². The lowest BCUT2D eigenvalue weighted by Crippen LogP contribution is -2.48. The molecule has 0 aliphatic heterocycles. The molecule has 0 aliphatic rings. The molecular weight excluding hydrogens is 245 g/mol. The third kappa shape index (κ3) is 3.22. The monoisotopic (exact) mass is 260 g/mol. The van der Waals surface area contributed by atoms with E-state index in [1.54, 1.807) is 0 Å². The number of nitrogens with two attached hydrogens (primary N) is 1. The predicted molar refractivity (Wildman–Crippen MR) is 62.4 cm³/mol. The molecule has 1 aromatic carbocycles. The minimum atomic E-state index is -1.23. The summed E-state index contributed by atoms with van der Waals surface area (Å²) in [6.07, 6.45) is 1.01. The lowest BCUT2D eigenvalue weighted by Gasteiger charge is -2.23. The average Bonchev–Trinajstić information content (AvgIpc) is 2.22. The quantitative estimate of drug-likeness (QED) is 0.874. The highest BCUT2D eigenvalue weighted by atomic mass is 19.1. The number of carbonyl (C=O) groups is 1. The van der Waals surface area contributed by atoms with Crippen molar-refractivity contribution in [2.45, 2.75) is 32.2 Å². The molecule has 0 fully saturated rings. The van der Waals surface area contributed by atoms with Crippen molar-refractivity contribution in [3.05, 3.63) is 29.6 Å². The first-order chi connectivity index (χ1) is 8.27. The smallest absolute Gasteiger partial charge is 0.244 e. The van der Waals surface area contributed by atoms with Gasteiger partial charge in [0.25, 0.3) is 0 Å². The van der Waals surface area contributed by atoms with Crippen LogP contribution >= 0.6 is 0 Å². The largest absolute Gasteiger partial charge is 0.320 e. The van der Waals surface area contributed by atoms with Gasteiger partial charge in [-0.05, 0) is 13.3 Å². The Balaban J connectivity index is 2.95. The molecule has 1 atom stereocenters. The van der Waals surface area contributed by atoms with Gasteiger partial charge in [-0.1, -0.05) is 13.3 Å². The Labute approximate surface area is 103 Å². The number of halogens is 3. The van der Waals surface area contributed by atoms with Crippen LogP contribution in [0.1, 0.15) is 26.7 Å². The van der Waals surface area contributed by atoms with E-state index in [4.69, 9.17) is 5.73 Å². The van der Waals surface area contributed by atoms with E-state index in [9.17, 15) is 18.0 Å². The molecule has 6 heteroatoms. The van der Waals surface area contributed by atoms with Gasteiger partial charge in [-0.25, -0.2) is 13.2 Å². The number of carbonyl (C=O) groups excluding carboxylic acids is 1. The summed E-state index contributed by atoms with van der Waals surface area (Å²) in [6.45, 7) is 3.29. The van der Waals surface area contributed by atoms with Gasteiger partial charge in [0.15, 0.2) is 11.6 Å². The van der Waals surface area contributed by atoms with Crippen molar-refractivity contribution < 1.29 is 18.0 Å². The summed E-state index contributed by atoms with van der Waals surface area (Å²) in [5.74, 6) is -4.11. The van der Waals surface area contributed by atoms with Crippen molar-refractivity contribution in [1.29, 1.82) is 0 Å². The zero-order valence-electron chi connectivity index (χ0n) is 10.2. The molecule has 0 spiro atoms. The van der Waals surface area contributed by atoms with Crippen molar-refractivity contribution in [2.24, 2.45) is 5.73 Å². The second-order valence-electron chi connectivity index (χ2n) is 4.37. The van der Waals surface area contributed by atoms with Crippen LogP contribution in [0.2, 0.25) is 0 Å². The van der Waals surface area contributed by atoms with Gasteiger partial charge in [-0.2, -0.15) is 0 Å². The van der Waals surface area contributed by atoms with Crippen LogP contribution in [0.4, 0.5) is 18.9 Å². The molecule has 100 valence electrons. The first-order valence-electron chi connectivity index (χ1n) is 5.53. The van der Waals surface area contributed by atoms with Gasteiger partial charge >= 0.3 is 0 Å². The fraction of sp³-hybridized carbons (Fsp3) is 0.417. The van der Waals surface area contributed by atoms with E-state index in [2.05, 4.69) is 5.32 Å². The summed E-state index contributed by atoms with van der Waals surface area (Å²) >= 11 is 0. The van der Waals surface area contributed by atoms with Crippen LogP contribution in [-0.2, 0) is 4.79 Å². The Kier molecular flexibility index (Phi) is 4.34. The Morgan fingerprint density at radius 1 is 1.33 bits per heavy atom. The summed E-state index contributed by atoms with van der Waals surface area (Å²) < 4.78 is 39.3. The van der Waals surface area contributed by atoms with E-state index in [0.717, 1.165) is 0 Å². The van der Waals surface area contributed by atoms with Gasteiger partial charge < -0.3 is 11.1 Å². The van der Waals surface area contributed by atoms with E-state index < -0.39 is 34.6 Å². The first kappa shape index (κ1) is 14.5. The average molecular weight is 260 g/mol. The van der Waals surface area contributed by atoms with Crippen LogP contribution in [0, 0.1) is 17.5 Å². The van der Waals surface area contributed by atoms with Gasteiger partial charge in [0.2, 0.25) is 5.91 Å². The van der Waals surface area contributed by atoms with Crippen molar-refractivity contribution in [3.8, 4) is 0 Å². The van der Waals surface area contributed by atoms with E-state index in [1.165, 1.54) is 6.92 Å². The van der Waals surface area contributed by atoms with Crippen molar-refractivity contribution in [3.63, 3.8) is 0 Å². The van der Waals surface area contributed by atoms with Crippen LogP contribution in [-0.4, -0.2) is 11.4 Å². The minimum Gasteiger partial charge on any atom is -0.320 e. The van der Waals surface area contributed by atoms with E-state index in [1.807, 2.05) is 6.92 Å². The third-order valence-electron chi connectivity index (χ3n) is 2.53. The Bertz CT molecular complexity index is 438. The molecule has 0 radical (unpaired) electrons. The Hall–Kier alpha value is -1.56. The lowest BCUT2D eigenvalue weighted by molar-refractivity contribution is -0.120. The van der Waals surface area contributed by atoms with E-state index in [-0.39, 0.29) is 0 Å². The summed E-state index contributed by atoms with van der Waals surface area (Å²) in [7, 11) is 0. The fourth-order valence-corrected chi connectivity index (χ4v) is 1.55. The van der Waals surface area contributed by atoms with Crippen molar-refractivity contribution >= 4 is 11.6 Å². The zero-order chi connectivity index (χ0) is 13.9. The zero-order valence-corrected chi connectivity index (χ0v) is 10.2. The minimum absolute atomic E-state index is 0.364. The summed E-state index contributed by atoms with van der Waals surface area (Å²) in [6, 6.07) is 0.985. The third-order valence-corrected chi connectivity index (χ3v) is 2.53. The van der Waals surface area contributed by atoms with Crippen molar-refractivity contribution in [2.75, 3.05) is 5.32 Å². The van der Waals surface area contributed by atoms with Crippen molar-refractivity contribution in [1.82, 2.24) is 0 Å². The SMILES string of the molecule is CCCC(C)(N)C(=O)Nc1c(F)cc(F)cc1F. The van der Waals surface area contributed by atoms with Gasteiger partial charge in [-0.15, -0.1) is 0 Å². The normalized spacial score (nSPS) is 14.1. The standard InChI is InChI=1S/C12H15F3N2O/c1-3-4-12(2,16)11(18)17-10-8(14)5-7(13)6-9(10)15/h5-6H,3-4,16H2,1-2H3,(H,17,18). The molecule has 1 aromatic rings. The predicted octanol–water partition coefficient (Wildman–Crippen LogP) is 2.56. The fourth-order valence-electron chi connectivity index (χ4n) is 1.55. The van der Waals surface area contributed by atoms with E-state index in [0.29, 0.717) is 25.0 Å². The summed E-state index contributed by atoms with van der Waals surface area (Å²) in [4.78, 5) is 11.8. The molecule has 0 saturated heterocycles. The number of benzene rings is 1. The maximum absolute atomic E-state index is 13.3. The maximum Gasteiger partial charge on any atom is 0.244 e. The molecule has 1 rings (SSSR count). The molecular formula is C12H15F3N2O. The number of anilines is 1. The lowest BCUT2D eigenvalue weighted by atomic mass is 9.96. The van der Waals surface area contributed by atoms with Gasteiger partial charge in [0.05, 0.1) is 5.54 Å². The molecule has 0 saturated carbocycles. The molecule has 18 heavy (non-hydrogen) atoms. The van der Waals surface area contributed by atoms with Crippen LogP contribution in [0.3, 0.4) is 0 Å². The van der Waals surface area contributed by atoms with Crippen LogP contribution in [0.15, 0.2) is 12.1 Å². The maximum atomic E-state index is 13.3. The molecule has 0 aromatic heterocycles. The molecule has 3 N–H and O–H groups in total. The number of amides is 1. The number of hydrogen-bond acceptors (Lipinski definition) is 2. The van der Waals surface area contributed by atoms with Gasteiger partial charge in [-0.3, -0.25) is 4.79 Å². The topological polar surface area (TPSA) is 55.1 Å². The second-order valence-corrected chi connectivity index (χ2v) is 4.37. The molecule has 0 aliphatic carbocycles. The summed E-state index contributed by atoms with van der Waals surface area (Å²) in [5.41, 5.74) is 3.80.